The maximum atomic E-state index is 6.07. The minimum atomic E-state index is 0.913. The van der Waals surface area contributed by atoms with Crippen molar-refractivity contribution in [3.05, 3.63) is 53.6 Å². The lowest BCUT2D eigenvalue weighted by Gasteiger charge is -2.13. The number of hydrogen-bond donors (Lipinski definition) is 1. The van der Waals surface area contributed by atoms with Crippen molar-refractivity contribution in [3.63, 3.8) is 0 Å². The van der Waals surface area contributed by atoms with Crippen molar-refractivity contribution in [2.24, 2.45) is 0 Å². The average molecular weight is 301 g/mol. The van der Waals surface area contributed by atoms with E-state index in [9.17, 15) is 0 Å². The lowest BCUT2D eigenvalue weighted by Crippen LogP contribution is -2.13. The van der Waals surface area contributed by atoms with E-state index in [0.717, 1.165) is 35.9 Å². The van der Waals surface area contributed by atoms with Gasteiger partial charge in [-0.2, -0.15) is 0 Å². The van der Waals surface area contributed by atoms with Crippen LogP contribution in [0.2, 0.25) is 0 Å². The third-order valence-electron chi connectivity index (χ3n) is 3.28. The van der Waals surface area contributed by atoms with Crippen LogP contribution in [0.5, 0.6) is 11.5 Å². The molecule has 0 aliphatic rings. The minimum absolute atomic E-state index is 0.913. The molecule has 0 heterocycles. The molecule has 0 aliphatic carbocycles. The van der Waals surface area contributed by atoms with E-state index in [4.69, 9.17) is 4.74 Å². The molecule has 2 aromatic carbocycles. The van der Waals surface area contributed by atoms with Gasteiger partial charge in [0.25, 0.3) is 0 Å². The largest absolute Gasteiger partial charge is 0.456 e. The molecular formula is C18H23NOS. The Labute approximate surface area is 131 Å². The zero-order valence-corrected chi connectivity index (χ0v) is 13.8. The van der Waals surface area contributed by atoms with Gasteiger partial charge in [0.2, 0.25) is 0 Å². The molecule has 0 aromatic heterocycles. The van der Waals surface area contributed by atoms with Crippen LogP contribution in [0.25, 0.3) is 0 Å². The number of benzene rings is 2. The summed E-state index contributed by atoms with van der Waals surface area (Å²) in [6, 6.07) is 14.5. The first kappa shape index (κ1) is 15.9. The van der Waals surface area contributed by atoms with Crippen LogP contribution in [0, 0.1) is 6.92 Å². The molecule has 0 saturated heterocycles. The zero-order valence-electron chi connectivity index (χ0n) is 13.0. The first-order chi connectivity index (χ1) is 10.2. The Balaban J connectivity index is 2.10. The van der Waals surface area contributed by atoms with Crippen LogP contribution >= 0.6 is 11.8 Å². The second kappa shape index (κ2) is 8.11. The van der Waals surface area contributed by atoms with Gasteiger partial charge in [0.1, 0.15) is 11.5 Å². The molecule has 21 heavy (non-hydrogen) atoms. The fourth-order valence-corrected chi connectivity index (χ4v) is 2.69. The third kappa shape index (κ3) is 4.51. The molecule has 0 bridgehead atoms. The van der Waals surface area contributed by atoms with Gasteiger partial charge in [-0.15, -0.1) is 11.8 Å². The summed E-state index contributed by atoms with van der Waals surface area (Å²) in [4.78, 5) is 1.16. The lowest BCUT2D eigenvalue weighted by atomic mass is 10.1. The zero-order chi connectivity index (χ0) is 15.1. The molecule has 3 heteroatoms. The molecule has 2 nitrogen and oxygen atoms in total. The van der Waals surface area contributed by atoms with Crippen molar-refractivity contribution in [2.75, 3.05) is 12.8 Å². The van der Waals surface area contributed by atoms with Crippen LogP contribution in [0.3, 0.4) is 0 Å². The molecule has 0 unspecified atom stereocenters. The molecule has 0 atom stereocenters. The highest BCUT2D eigenvalue weighted by molar-refractivity contribution is 7.98. The van der Waals surface area contributed by atoms with Crippen molar-refractivity contribution in [1.29, 1.82) is 0 Å². The second-order valence-corrected chi connectivity index (χ2v) is 5.88. The predicted molar refractivity (Wildman–Crippen MR) is 91.5 cm³/mol. The van der Waals surface area contributed by atoms with Crippen molar-refractivity contribution < 1.29 is 4.74 Å². The molecule has 0 radical (unpaired) electrons. The first-order valence-corrected chi connectivity index (χ1v) is 8.58. The molecule has 2 rings (SSSR count). The summed E-state index contributed by atoms with van der Waals surface area (Å²) in [5.41, 5.74) is 2.47. The van der Waals surface area contributed by atoms with Gasteiger partial charge in [-0.3, -0.25) is 0 Å². The van der Waals surface area contributed by atoms with Crippen LogP contribution in [0.4, 0.5) is 0 Å². The van der Waals surface area contributed by atoms with Crippen molar-refractivity contribution in [3.8, 4) is 11.5 Å². The number of ether oxygens (including phenoxy) is 1. The summed E-state index contributed by atoms with van der Waals surface area (Å²) in [5.74, 6) is 1.85. The highest BCUT2D eigenvalue weighted by Gasteiger charge is 2.06. The molecule has 0 spiro atoms. The summed E-state index contributed by atoms with van der Waals surface area (Å²) in [7, 11) is 0. The Morgan fingerprint density at radius 1 is 1.10 bits per heavy atom. The van der Waals surface area contributed by atoms with Gasteiger partial charge in [-0.05, 0) is 55.5 Å². The molecule has 0 aliphatic heterocycles. The van der Waals surface area contributed by atoms with E-state index in [1.165, 1.54) is 11.1 Å². The van der Waals surface area contributed by atoms with Crippen LogP contribution in [-0.2, 0) is 6.54 Å². The minimum Gasteiger partial charge on any atom is -0.456 e. The molecule has 112 valence electrons. The van der Waals surface area contributed by atoms with Crippen LogP contribution in [0.15, 0.2) is 47.4 Å². The van der Waals surface area contributed by atoms with Gasteiger partial charge in [0.15, 0.2) is 0 Å². The topological polar surface area (TPSA) is 21.3 Å². The third-order valence-corrected chi connectivity index (χ3v) is 4.06. The molecule has 0 saturated carbocycles. The molecule has 1 N–H and O–H groups in total. The maximum Gasteiger partial charge on any atom is 0.140 e. The van der Waals surface area contributed by atoms with E-state index in [0.29, 0.717) is 0 Å². The predicted octanol–water partition coefficient (Wildman–Crippen LogP) is 5.01. The van der Waals surface area contributed by atoms with Crippen LogP contribution in [-0.4, -0.2) is 12.8 Å². The van der Waals surface area contributed by atoms with Crippen molar-refractivity contribution in [1.82, 2.24) is 5.32 Å². The molecule has 2 aromatic rings. The van der Waals surface area contributed by atoms with E-state index in [1.807, 2.05) is 18.2 Å². The fraction of sp³-hybridized carbons (Fsp3) is 0.333. The second-order valence-electron chi connectivity index (χ2n) is 5.03. The number of aryl methyl sites for hydroxylation is 1. The van der Waals surface area contributed by atoms with Gasteiger partial charge >= 0.3 is 0 Å². The summed E-state index contributed by atoms with van der Waals surface area (Å²) in [5, 5.41) is 3.42. The normalized spacial score (nSPS) is 10.6. The SMILES string of the molecule is CCCNCc1ccc(Oc2ccccc2SC)c(C)c1. The van der Waals surface area contributed by atoms with Crippen molar-refractivity contribution >= 4 is 11.8 Å². The smallest absolute Gasteiger partial charge is 0.140 e. The van der Waals surface area contributed by atoms with Gasteiger partial charge in [-0.1, -0.05) is 31.2 Å². The monoisotopic (exact) mass is 301 g/mol. The van der Waals surface area contributed by atoms with E-state index in [-0.39, 0.29) is 0 Å². The quantitative estimate of drug-likeness (QED) is 0.574. The van der Waals surface area contributed by atoms with Gasteiger partial charge in [0, 0.05) is 11.4 Å². The Morgan fingerprint density at radius 2 is 1.90 bits per heavy atom. The van der Waals surface area contributed by atoms with Crippen LogP contribution < -0.4 is 10.1 Å². The van der Waals surface area contributed by atoms with Gasteiger partial charge in [-0.25, -0.2) is 0 Å². The highest BCUT2D eigenvalue weighted by Crippen LogP contribution is 2.32. The number of para-hydroxylation sites is 1. The Kier molecular flexibility index (Phi) is 6.15. The van der Waals surface area contributed by atoms with E-state index < -0.39 is 0 Å². The summed E-state index contributed by atoms with van der Waals surface area (Å²) in [6.07, 6.45) is 3.23. The maximum absolute atomic E-state index is 6.07. The lowest BCUT2D eigenvalue weighted by molar-refractivity contribution is 0.467. The van der Waals surface area contributed by atoms with E-state index >= 15 is 0 Å². The van der Waals surface area contributed by atoms with Crippen molar-refractivity contribution in [2.45, 2.75) is 31.7 Å². The Bertz CT molecular complexity index is 583. The highest BCUT2D eigenvalue weighted by atomic mass is 32.2. The Hall–Kier alpha value is -1.45. The first-order valence-electron chi connectivity index (χ1n) is 7.35. The number of hydrogen-bond acceptors (Lipinski definition) is 3. The van der Waals surface area contributed by atoms with Gasteiger partial charge < -0.3 is 10.1 Å². The van der Waals surface area contributed by atoms with Crippen LogP contribution in [0.1, 0.15) is 24.5 Å². The summed E-state index contributed by atoms with van der Waals surface area (Å²) < 4.78 is 6.07. The standard InChI is InChI=1S/C18H23NOS/c1-4-11-19-13-15-9-10-16(14(2)12-15)20-17-7-5-6-8-18(17)21-3/h5-10,12,19H,4,11,13H2,1-3H3. The molecular weight excluding hydrogens is 278 g/mol. The van der Waals surface area contributed by atoms with Gasteiger partial charge in [0.05, 0.1) is 0 Å². The summed E-state index contributed by atoms with van der Waals surface area (Å²) >= 11 is 1.70. The van der Waals surface area contributed by atoms with E-state index in [2.05, 4.69) is 49.7 Å². The van der Waals surface area contributed by atoms with E-state index in [1.54, 1.807) is 11.8 Å². The number of nitrogens with one attached hydrogen (secondary N) is 1. The Morgan fingerprint density at radius 3 is 2.62 bits per heavy atom. The molecule has 0 amide bonds. The number of thioether (sulfide) groups is 1. The number of rotatable bonds is 7. The molecule has 0 fully saturated rings. The average Bonchev–Trinajstić information content (AvgIpc) is 2.50. The summed E-state index contributed by atoms with van der Waals surface area (Å²) in [6.45, 7) is 6.24. The fourth-order valence-electron chi connectivity index (χ4n) is 2.17.